The minimum Gasteiger partial charge on any atom is -0.361 e. The fraction of sp³-hybridized carbons (Fsp3) is 0.417. The van der Waals surface area contributed by atoms with Gasteiger partial charge in [-0.3, -0.25) is 4.99 Å². The van der Waals surface area contributed by atoms with Gasteiger partial charge in [0, 0.05) is 11.3 Å². The highest BCUT2D eigenvalue weighted by Gasteiger charge is 2.26. The van der Waals surface area contributed by atoms with Crippen molar-refractivity contribution in [3.63, 3.8) is 0 Å². The normalized spacial score (nSPS) is 18.3. The molecule has 0 radical (unpaired) electrons. The van der Waals surface area contributed by atoms with Crippen LogP contribution in [0.3, 0.4) is 0 Å². The van der Waals surface area contributed by atoms with E-state index in [4.69, 9.17) is 0 Å². The number of aliphatic imine (C=N–C) groups is 1. The molecule has 0 unspecified atom stereocenters. The SMILES string of the molecule is CC1(C)CN=C(NCc2ccc(F)cc2)S1. The largest absolute Gasteiger partial charge is 0.361 e. The van der Waals surface area contributed by atoms with Crippen molar-refractivity contribution in [3.05, 3.63) is 35.6 Å². The molecule has 1 heterocycles. The zero-order valence-electron chi connectivity index (χ0n) is 9.46. The maximum atomic E-state index is 12.7. The van der Waals surface area contributed by atoms with Crippen LogP contribution in [0.25, 0.3) is 0 Å². The summed E-state index contributed by atoms with van der Waals surface area (Å²) in [5.74, 6) is -0.197. The topological polar surface area (TPSA) is 24.4 Å². The molecule has 0 atom stereocenters. The van der Waals surface area contributed by atoms with Gasteiger partial charge in [0.2, 0.25) is 0 Å². The molecule has 0 bridgehead atoms. The van der Waals surface area contributed by atoms with Gasteiger partial charge in [0.05, 0.1) is 6.54 Å². The van der Waals surface area contributed by atoms with E-state index in [0.717, 1.165) is 17.3 Å². The van der Waals surface area contributed by atoms with E-state index in [1.54, 1.807) is 23.9 Å². The lowest BCUT2D eigenvalue weighted by atomic mass is 10.2. The summed E-state index contributed by atoms with van der Waals surface area (Å²) in [6, 6.07) is 6.52. The lowest BCUT2D eigenvalue weighted by Gasteiger charge is -2.14. The van der Waals surface area contributed by atoms with Gasteiger partial charge in [0.15, 0.2) is 5.17 Å². The summed E-state index contributed by atoms with van der Waals surface area (Å²) in [5.41, 5.74) is 1.06. The van der Waals surface area contributed by atoms with E-state index >= 15 is 0 Å². The second-order valence-electron chi connectivity index (χ2n) is 4.46. The first-order valence-corrected chi connectivity index (χ1v) is 6.09. The van der Waals surface area contributed by atoms with Crippen LogP contribution in [-0.4, -0.2) is 16.5 Å². The van der Waals surface area contributed by atoms with Crippen molar-refractivity contribution in [2.75, 3.05) is 6.54 Å². The average molecular weight is 238 g/mol. The van der Waals surface area contributed by atoms with Gasteiger partial charge < -0.3 is 5.32 Å². The Bertz CT molecular complexity index is 398. The number of benzene rings is 1. The summed E-state index contributed by atoms with van der Waals surface area (Å²) in [6.45, 7) is 5.90. The third-order valence-corrected chi connectivity index (χ3v) is 3.48. The molecule has 1 N–H and O–H groups in total. The number of hydrogen-bond donors (Lipinski definition) is 1. The molecule has 16 heavy (non-hydrogen) atoms. The molecule has 86 valence electrons. The van der Waals surface area contributed by atoms with Crippen molar-refractivity contribution in [1.82, 2.24) is 5.32 Å². The third kappa shape index (κ3) is 2.98. The van der Waals surface area contributed by atoms with Crippen molar-refractivity contribution in [1.29, 1.82) is 0 Å². The van der Waals surface area contributed by atoms with Crippen LogP contribution in [0.4, 0.5) is 4.39 Å². The van der Waals surface area contributed by atoms with Crippen LogP contribution in [-0.2, 0) is 6.54 Å². The molecule has 1 aliphatic rings. The van der Waals surface area contributed by atoms with Crippen LogP contribution in [0.15, 0.2) is 29.3 Å². The summed E-state index contributed by atoms with van der Waals surface area (Å²) in [6.07, 6.45) is 0. The Kier molecular flexibility index (Phi) is 3.19. The first-order valence-electron chi connectivity index (χ1n) is 5.27. The zero-order chi connectivity index (χ0) is 11.6. The van der Waals surface area contributed by atoms with Crippen LogP contribution in [0.1, 0.15) is 19.4 Å². The van der Waals surface area contributed by atoms with Crippen molar-refractivity contribution in [2.45, 2.75) is 25.1 Å². The van der Waals surface area contributed by atoms with Crippen LogP contribution >= 0.6 is 11.8 Å². The Morgan fingerprint density at radius 2 is 2.06 bits per heavy atom. The molecule has 0 amide bonds. The first-order chi connectivity index (χ1) is 7.55. The number of nitrogens with one attached hydrogen (secondary N) is 1. The molecular formula is C12H15FN2S. The first kappa shape index (κ1) is 11.5. The molecule has 1 aromatic carbocycles. The molecule has 1 aliphatic heterocycles. The highest BCUT2D eigenvalue weighted by atomic mass is 32.2. The fourth-order valence-corrected chi connectivity index (χ4v) is 2.39. The van der Waals surface area contributed by atoms with E-state index in [9.17, 15) is 4.39 Å². The second kappa shape index (κ2) is 4.45. The second-order valence-corrected chi connectivity index (χ2v) is 6.16. The Morgan fingerprint density at radius 1 is 1.38 bits per heavy atom. The number of thioether (sulfide) groups is 1. The molecule has 0 aromatic heterocycles. The average Bonchev–Trinajstić information content (AvgIpc) is 2.58. The standard InChI is InChI=1S/C12H15FN2S/c1-12(2)8-15-11(16-12)14-7-9-3-5-10(13)6-4-9/h3-6H,7-8H2,1-2H3,(H,14,15). The minimum absolute atomic E-state index is 0.197. The maximum Gasteiger partial charge on any atom is 0.157 e. The van der Waals surface area contributed by atoms with E-state index < -0.39 is 0 Å². The van der Waals surface area contributed by atoms with E-state index in [2.05, 4.69) is 24.2 Å². The van der Waals surface area contributed by atoms with Gasteiger partial charge in [0.1, 0.15) is 5.82 Å². The molecule has 2 rings (SSSR count). The molecular weight excluding hydrogens is 223 g/mol. The van der Waals surface area contributed by atoms with Gasteiger partial charge in [-0.15, -0.1) is 0 Å². The van der Waals surface area contributed by atoms with Gasteiger partial charge in [0.25, 0.3) is 0 Å². The number of nitrogens with zero attached hydrogens (tertiary/aromatic N) is 1. The number of halogens is 1. The number of amidine groups is 1. The van der Waals surface area contributed by atoms with Crippen LogP contribution in [0.5, 0.6) is 0 Å². The lowest BCUT2D eigenvalue weighted by Crippen LogP contribution is -2.21. The number of hydrogen-bond acceptors (Lipinski definition) is 3. The minimum atomic E-state index is -0.197. The molecule has 0 fully saturated rings. The summed E-state index contributed by atoms with van der Waals surface area (Å²) >= 11 is 1.76. The zero-order valence-corrected chi connectivity index (χ0v) is 10.3. The van der Waals surface area contributed by atoms with Gasteiger partial charge in [-0.25, -0.2) is 4.39 Å². The highest BCUT2D eigenvalue weighted by Crippen LogP contribution is 2.30. The monoisotopic (exact) mass is 238 g/mol. The Balaban J connectivity index is 1.87. The fourth-order valence-electron chi connectivity index (χ4n) is 1.46. The van der Waals surface area contributed by atoms with Crippen LogP contribution < -0.4 is 5.32 Å². The molecule has 0 saturated carbocycles. The molecule has 1 aromatic rings. The van der Waals surface area contributed by atoms with Crippen LogP contribution in [0.2, 0.25) is 0 Å². The van der Waals surface area contributed by atoms with E-state index in [0.29, 0.717) is 6.54 Å². The predicted molar refractivity (Wildman–Crippen MR) is 67.2 cm³/mol. The third-order valence-electron chi connectivity index (χ3n) is 2.33. The quantitative estimate of drug-likeness (QED) is 0.856. The Labute approximate surface area is 99.3 Å². The lowest BCUT2D eigenvalue weighted by molar-refractivity contribution is 0.627. The smallest absolute Gasteiger partial charge is 0.157 e. The molecule has 0 aliphatic carbocycles. The summed E-state index contributed by atoms with van der Waals surface area (Å²) < 4.78 is 12.9. The van der Waals surface area contributed by atoms with E-state index in [1.807, 2.05) is 0 Å². The molecule has 2 nitrogen and oxygen atoms in total. The van der Waals surface area contributed by atoms with Gasteiger partial charge in [-0.05, 0) is 31.5 Å². The summed E-state index contributed by atoms with van der Waals surface area (Å²) in [4.78, 5) is 4.42. The summed E-state index contributed by atoms with van der Waals surface area (Å²) in [7, 11) is 0. The highest BCUT2D eigenvalue weighted by molar-refractivity contribution is 8.15. The van der Waals surface area contributed by atoms with Gasteiger partial charge >= 0.3 is 0 Å². The summed E-state index contributed by atoms with van der Waals surface area (Å²) in [5, 5.41) is 4.24. The Morgan fingerprint density at radius 3 is 2.62 bits per heavy atom. The maximum absolute atomic E-state index is 12.7. The van der Waals surface area contributed by atoms with E-state index in [-0.39, 0.29) is 10.6 Å². The van der Waals surface area contributed by atoms with Gasteiger partial charge in [-0.2, -0.15) is 0 Å². The van der Waals surface area contributed by atoms with Gasteiger partial charge in [-0.1, -0.05) is 23.9 Å². The van der Waals surface area contributed by atoms with Crippen molar-refractivity contribution < 1.29 is 4.39 Å². The van der Waals surface area contributed by atoms with Crippen molar-refractivity contribution >= 4 is 16.9 Å². The van der Waals surface area contributed by atoms with Crippen LogP contribution in [0, 0.1) is 5.82 Å². The number of rotatable bonds is 2. The molecule has 0 saturated heterocycles. The molecule has 0 spiro atoms. The van der Waals surface area contributed by atoms with E-state index in [1.165, 1.54) is 12.1 Å². The Hall–Kier alpha value is -1.03. The van der Waals surface area contributed by atoms with Crippen molar-refractivity contribution in [2.24, 2.45) is 4.99 Å². The van der Waals surface area contributed by atoms with Crippen molar-refractivity contribution in [3.8, 4) is 0 Å². The predicted octanol–water partition coefficient (Wildman–Crippen LogP) is 2.80. The molecule has 4 heteroatoms.